The molecule has 1 aliphatic heterocycles. The highest BCUT2D eigenvalue weighted by Crippen LogP contribution is 2.39. The third kappa shape index (κ3) is 4.38. The minimum atomic E-state index is -0.665. The highest BCUT2D eigenvalue weighted by Gasteiger charge is 2.49. The largest absolute Gasteiger partial charge is 0.497 e. The molecule has 1 aliphatic rings. The van der Waals surface area contributed by atoms with Gasteiger partial charge in [0.05, 0.1) is 13.2 Å². The summed E-state index contributed by atoms with van der Waals surface area (Å²) in [7, 11) is 1.61. The fraction of sp³-hybridized carbons (Fsp3) is 0.200. The molecule has 1 N–H and O–H groups in total. The molecule has 31 heavy (non-hydrogen) atoms. The summed E-state index contributed by atoms with van der Waals surface area (Å²) in [5, 5.41) is 2.84. The molecule has 2 atom stereocenters. The maximum atomic E-state index is 13.0. The van der Waals surface area contributed by atoms with Crippen LogP contribution < -0.4 is 19.7 Å². The molecule has 0 saturated carbocycles. The van der Waals surface area contributed by atoms with E-state index in [2.05, 4.69) is 5.32 Å². The van der Waals surface area contributed by atoms with Crippen LogP contribution in [-0.2, 0) is 9.59 Å². The lowest BCUT2D eigenvalue weighted by Gasteiger charge is -2.47. The lowest BCUT2D eigenvalue weighted by atomic mass is 9.87. The molecule has 6 nitrogen and oxygen atoms in total. The molecule has 2 amide bonds. The first-order valence-electron chi connectivity index (χ1n) is 10.1. The number of methoxy groups -OCH3 is 1. The van der Waals surface area contributed by atoms with Gasteiger partial charge in [0, 0.05) is 5.69 Å². The second-order valence-corrected chi connectivity index (χ2v) is 7.41. The molecule has 1 fully saturated rings. The standard InChI is InChI=1S/C25H24N2O4/c1-17-8-12-19(13-9-17)27-24(18-10-14-20(30-2)15-11-18)23(25(27)29)26-22(28)16-31-21-6-4-3-5-7-21/h3-15,23-24H,16H2,1-2H3,(H,26,28). The van der Waals surface area contributed by atoms with Crippen molar-refractivity contribution in [2.24, 2.45) is 0 Å². The lowest BCUT2D eigenvalue weighted by molar-refractivity contribution is -0.133. The van der Waals surface area contributed by atoms with Gasteiger partial charge in [-0.1, -0.05) is 48.0 Å². The molecule has 0 radical (unpaired) electrons. The zero-order valence-electron chi connectivity index (χ0n) is 17.4. The van der Waals surface area contributed by atoms with E-state index in [1.807, 2.05) is 73.7 Å². The molecule has 4 rings (SSSR count). The summed E-state index contributed by atoms with van der Waals surface area (Å²) in [5.74, 6) is 0.834. The van der Waals surface area contributed by atoms with Crippen molar-refractivity contribution >= 4 is 17.5 Å². The van der Waals surface area contributed by atoms with Crippen molar-refractivity contribution in [1.29, 1.82) is 0 Å². The van der Waals surface area contributed by atoms with Crippen LogP contribution in [0.5, 0.6) is 11.5 Å². The maximum Gasteiger partial charge on any atom is 0.258 e. The topological polar surface area (TPSA) is 67.9 Å². The van der Waals surface area contributed by atoms with Crippen molar-refractivity contribution in [3.05, 3.63) is 90.0 Å². The minimum Gasteiger partial charge on any atom is -0.497 e. The third-order valence-corrected chi connectivity index (χ3v) is 5.30. The number of β-lactam (4-membered cyclic amide) rings is 1. The van der Waals surface area contributed by atoms with Gasteiger partial charge in [-0.15, -0.1) is 0 Å². The van der Waals surface area contributed by atoms with Crippen LogP contribution in [0.15, 0.2) is 78.9 Å². The molecule has 2 unspecified atom stereocenters. The molecular formula is C25H24N2O4. The monoisotopic (exact) mass is 416 g/mol. The molecular weight excluding hydrogens is 392 g/mol. The van der Waals surface area contributed by atoms with Gasteiger partial charge in [-0.2, -0.15) is 0 Å². The number of anilines is 1. The number of rotatable bonds is 7. The Bertz CT molecular complexity index is 1050. The Morgan fingerprint density at radius 2 is 1.61 bits per heavy atom. The van der Waals surface area contributed by atoms with Gasteiger partial charge in [0.1, 0.15) is 17.5 Å². The molecule has 3 aromatic rings. The van der Waals surface area contributed by atoms with Crippen LogP contribution in [0, 0.1) is 6.92 Å². The third-order valence-electron chi connectivity index (χ3n) is 5.30. The number of carbonyl (C=O) groups is 2. The quantitative estimate of drug-likeness (QED) is 0.597. The average Bonchev–Trinajstić information content (AvgIpc) is 2.81. The van der Waals surface area contributed by atoms with Crippen LogP contribution in [0.2, 0.25) is 0 Å². The first-order chi connectivity index (χ1) is 15.1. The molecule has 1 saturated heterocycles. The van der Waals surface area contributed by atoms with Gasteiger partial charge in [0.2, 0.25) is 0 Å². The predicted octanol–water partition coefficient (Wildman–Crippen LogP) is 3.66. The summed E-state index contributed by atoms with van der Waals surface area (Å²) in [6.07, 6.45) is 0. The van der Waals surface area contributed by atoms with Crippen LogP contribution in [0.3, 0.4) is 0 Å². The number of aryl methyl sites for hydroxylation is 1. The number of hydrogen-bond acceptors (Lipinski definition) is 4. The average molecular weight is 416 g/mol. The van der Waals surface area contributed by atoms with Crippen LogP contribution in [0.1, 0.15) is 17.2 Å². The number of hydrogen-bond donors (Lipinski definition) is 1. The fourth-order valence-corrected chi connectivity index (χ4v) is 3.65. The first kappa shape index (κ1) is 20.5. The summed E-state index contributed by atoms with van der Waals surface area (Å²) >= 11 is 0. The molecule has 0 aliphatic carbocycles. The number of amides is 2. The predicted molar refractivity (Wildman–Crippen MR) is 118 cm³/mol. The van der Waals surface area contributed by atoms with Crippen LogP contribution >= 0.6 is 0 Å². The highest BCUT2D eigenvalue weighted by atomic mass is 16.5. The molecule has 3 aromatic carbocycles. The van der Waals surface area contributed by atoms with Crippen molar-refractivity contribution in [1.82, 2.24) is 5.32 Å². The van der Waals surface area contributed by atoms with Crippen molar-refractivity contribution in [3.8, 4) is 11.5 Å². The first-order valence-corrected chi connectivity index (χ1v) is 10.1. The van der Waals surface area contributed by atoms with E-state index >= 15 is 0 Å². The van der Waals surface area contributed by atoms with E-state index in [1.54, 1.807) is 24.1 Å². The lowest BCUT2D eigenvalue weighted by Crippen LogP contribution is -2.66. The van der Waals surface area contributed by atoms with Gasteiger partial charge in [-0.25, -0.2) is 0 Å². The zero-order chi connectivity index (χ0) is 21.8. The van der Waals surface area contributed by atoms with Gasteiger partial charge in [0.25, 0.3) is 11.8 Å². The molecule has 1 heterocycles. The Hall–Kier alpha value is -3.80. The Labute approximate surface area is 181 Å². The van der Waals surface area contributed by atoms with Crippen molar-refractivity contribution in [3.63, 3.8) is 0 Å². The van der Waals surface area contributed by atoms with E-state index in [0.717, 1.165) is 22.6 Å². The number of nitrogens with one attached hydrogen (secondary N) is 1. The van der Waals surface area contributed by atoms with Crippen LogP contribution in [0.4, 0.5) is 5.69 Å². The van der Waals surface area contributed by atoms with Gasteiger partial charge >= 0.3 is 0 Å². The van der Waals surface area contributed by atoms with Gasteiger partial charge in [-0.3, -0.25) is 9.59 Å². The van der Waals surface area contributed by atoms with Crippen LogP contribution in [0.25, 0.3) is 0 Å². The summed E-state index contributed by atoms with van der Waals surface area (Å²) in [6.45, 7) is 1.84. The number of ether oxygens (including phenoxy) is 2. The number of nitrogens with zero attached hydrogens (tertiary/aromatic N) is 1. The number of carbonyl (C=O) groups excluding carboxylic acids is 2. The molecule has 0 spiro atoms. The smallest absolute Gasteiger partial charge is 0.258 e. The number of benzene rings is 3. The number of para-hydroxylation sites is 1. The normalized spacial score (nSPS) is 17.6. The van der Waals surface area contributed by atoms with Crippen molar-refractivity contribution in [2.75, 3.05) is 18.6 Å². The second kappa shape index (κ2) is 8.92. The molecule has 0 aromatic heterocycles. The minimum absolute atomic E-state index is 0.155. The van der Waals surface area contributed by atoms with E-state index in [0.29, 0.717) is 5.75 Å². The van der Waals surface area contributed by atoms with E-state index in [1.165, 1.54) is 0 Å². The zero-order valence-corrected chi connectivity index (χ0v) is 17.4. The maximum absolute atomic E-state index is 13.0. The molecule has 158 valence electrons. The SMILES string of the molecule is COc1ccc(C2C(NC(=O)COc3ccccc3)C(=O)N2c2ccc(C)cc2)cc1. The summed E-state index contributed by atoms with van der Waals surface area (Å²) in [5.41, 5.74) is 2.82. The Kier molecular flexibility index (Phi) is 5.89. The van der Waals surface area contributed by atoms with E-state index in [4.69, 9.17) is 9.47 Å². The summed E-state index contributed by atoms with van der Waals surface area (Å²) in [6, 6.07) is 23.4. The Morgan fingerprint density at radius 1 is 0.935 bits per heavy atom. The molecule has 6 heteroatoms. The van der Waals surface area contributed by atoms with Gasteiger partial charge in [-0.05, 0) is 48.9 Å². The van der Waals surface area contributed by atoms with Crippen molar-refractivity contribution < 1.29 is 19.1 Å². The van der Waals surface area contributed by atoms with Crippen molar-refractivity contribution in [2.45, 2.75) is 19.0 Å². The van der Waals surface area contributed by atoms with Gasteiger partial charge in [0.15, 0.2) is 6.61 Å². The highest BCUT2D eigenvalue weighted by molar-refractivity contribution is 6.07. The van der Waals surface area contributed by atoms with Crippen LogP contribution in [-0.4, -0.2) is 31.6 Å². The molecule has 0 bridgehead atoms. The fourth-order valence-electron chi connectivity index (χ4n) is 3.65. The Morgan fingerprint density at radius 3 is 2.26 bits per heavy atom. The Balaban J connectivity index is 1.52. The summed E-state index contributed by atoms with van der Waals surface area (Å²) < 4.78 is 10.8. The summed E-state index contributed by atoms with van der Waals surface area (Å²) in [4.78, 5) is 27.2. The van der Waals surface area contributed by atoms with Gasteiger partial charge < -0.3 is 19.7 Å². The van der Waals surface area contributed by atoms with E-state index in [9.17, 15) is 9.59 Å². The van der Waals surface area contributed by atoms with E-state index < -0.39 is 6.04 Å². The second-order valence-electron chi connectivity index (χ2n) is 7.41. The van der Waals surface area contributed by atoms with E-state index in [-0.39, 0.29) is 24.5 Å².